The van der Waals surface area contributed by atoms with Gasteiger partial charge in [0, 0.05) is 54.5 Å². The van der Waals surface area contributed by atoms with Gasteiger partial charge in [-0.3, -0.25) is 0 Å². The van der Waals surface area contributed by atoms with E-state index in [1.54, 1.807) is 0 Å². The number of aliphatic hydroxyl groups is 1. The van der Waals surface area contributed by atoms with Crippen LogP contribution in [0.2, 0.25) is 0 Å². The molecule has 0 aliphatic heterocycles. The molecule has 0 aromatic heterocycles. The zero-order valence-electron chi connectivity index (χ0n) is 12.4. The number of nitrogen functional groups attached to an aromatic ring is 1. The summed E-state index contributed by atoms with van der Waals surface area (Å²) >= 11 is 0. The third kappa shape index (κ3) is 3.38. The topological polar surface area (TPSA) is 82.3 Å². The van der Waals surface area contributed by atoms with Crippen LogP contribution in [-0.2, 0) is 0 Å². The van der Waals surface area contributed by atoms with Crippen LogP contribution in [0.15, 0.2) is 36.4 Å². The Morgan fingerprint density at radius 2 is 1.76 bits per heavy atom. The summed E-state index contributed by atoms with van der Waals surface area (Å²) in [6, 6.07) is 11.9. The van der Waals surface area contributed by atoms with Gasteiger partial charge < -0.3 is 26.8 Å². The van der Waals surface area contributed by atoms with E-state index in [0.717, 1.165) is 28.2 Å². The van der Waals surface area contributed by atoms with Crippen molar-refractivity contribution in [3.8, 4) is 11.1 Å². The van der Waals surface area contributed by atoms with Gasteiger partial charge in [-0.1, -0.05) is 6.07 Å². The molecule has 0 aliphatic rings. The summed E-state index contributed by atoms with van der Waals surface area (Å²) in [6.45, 7) is 0.585. The van der Waals surface area contributed by atoms with Crippen molar-refractivity contribution in [1.82, 2.24) is 0 Å². The Morgan fingerprint density at radius 1 is 0.952 bits per heavy atom. The summed E-state index contributed by atoms with van der Waals surface area (Å²) in [7, 11) is 3.79. The van der Waals surface area contributed by atoms with E-state index in [-0.39, 0.29) is 6.61 Å². The molecular formula is C16H22N4O. The van der Waals surface area contributed by atoms with Gasteiger partial charge in [0.25, 0.3) is 0 Å². The van der Waals surface area contributed by atoms with Crippen LogP contribution in [0.25, 0.3) is 11.1 Å². The van der Waals surface area contributed by atoms with E-state index in [2.05, 4.69) is 22.0 Å². The van der Waals surface area contributed by atoms with Gasteiger partial charge in [0.1, 0.15) is 0 Å². The predicted octanol–water partition coefficient (Wildman–Crippen LogP) is 2.42. The van der Waals surface area contributed by atoms with Crippen LogP contribution in [-0.4, -0.2) is 32.4 Å². The number of hydrogen-bond acceptors (Lipinski definition) is 5. The van der Waals surface area contributed by atoms with Crippen molar-refractivity contribution in [2.45, 2.75) is 0 Å². The fraction of sp³-hybridized carbons (Fsp3) is 0.250. The highest BCUT2D eigenvalue weighted by Gasteiger charge is 2.10. The van der Waals surface area contributed by atoms with Crippen LogP contribution in [0.1, 0.15) is 0 Å². The molecule has 0 heterocycles. The molecule has 0 unspecified atom stereocenters. The van der Waals surface area contributed by atoms with Crippen LogP contribution < -0.4 is 21.7 Å². The van der Waals surface area contributed by atoms with Crippen molar-refractivity contribution < 1.29 is 5.11 Å². The van der Waals surface area contributed by atoms with E-state index >= 15 is 0 Å². The first-order valence-electron chi connectivity index (χ1n) is 6.93. The predicted molar refractivity (Wildman–Crippen MR) is 91.0 cm³/mol. The van der Waals surface area contributed by atoms with Gasteiger partial charge in [0.15, 0.2) is 0 Å². The van der Waals surface area contributed by atoms with Gasteiger partial charge in [-0.2, -0.15) is 0 Å². The van der Waals surface area contributed by atoms with Crippen molar-refractivity contribution in [2.24, 2.45) is 0 Å². The molecular weight excluding hydrogens is 264 g/mol. The lowest BCUT2D eigenvalue weighted by Crippen LogP contribution is -2.07. The molecule has 0 atom stereocenters. The van der Waals surface area contributed by atoms with Crippen LogP contribution >= 0.6 is 0 Å². The van der Waals surface area contributed by atoms with E-state index in [9.17, 15) is 0 Å². The minimum Gasteiger partial charge on any atom is -0.399 e. The molecule has 5 heteroatoms. The fourth-order valence-electron chi connectivity index (χ4n) is 2.27. The monoisotopic (exact) mass is 286 g/mol. The Balaban J connectivity index is 2.51. The number of anilines is 4. The number of aliphatic hydroxyl groups excluding tert-OH is 1. The average Bonchev–Trinajstić information content (AvgIpc) is 2.53. The van der Waals surface area contributed by atoms with E-state index in [0.29, 0.717) is 12.2 Å². The van der Waals surface area contributed by atoms with Crippen molar-refractivity contribution in [3.63, 3.8) is 0 Å². The molecule has 0 radical (unpaired) electrons. The zero-order valence-corrected chi connectivity index (χ0v) is 12.4. The molecule has 6 N–H and O–H groups in total. The summed E-state index contributed by atoms with van der Waals surface area (Å²) in [5.74, 6) is 0. The maximum absolute atomic E-state index is 9.00. The van der Waals surface area contributed by atoms with Gasteiger partial charge in [-0.15, -0.1) is 0 Å². The van der Waals surface area contributed by atoms with E-state index in [4.69, 9.17) is 10.8 Å². The average molecular weight is 286 g/mol. The third-order valence-electron chi connectivity index (χ3n) is 3.34. The van der Waals surface area contributed by atoms with Crippen LogP contribution in [0.5, 0.6) is 0 Å². The first kappa shape index (κ1) is 15.0. The highest BCUT2D eigenvalue weighted by atomic mass is 16.3. The van der Waals surface area contributed by atoms with Gasteiger partial charge in [0.05, 0.1) is 6.61 Å². The maximum Gasteiger partial charge on any atom is 0.0604 e. The molecule has 0 saturated heterocycles. The second-order valence-electron chi connectivity index (χ2n) is 4.72. The Bertz CT molecular complexity index is 613. The first-order chi connectivity index (χ1) is 10.2. The Kier molecular flexibility index (Phi) is 4.90. The standard InChI is InChI=1S/C16H22N4O/c1-18-12-4-5-13(16(10-12)19-2)14-9-11(17)3-6-15(14)20-7-8-21/h3-6,9-10,18-21H,7-8,17H2,1-2H3. The van der Waals surface area contributed by atoms with Gasteiger partial charge in [-0.25, -0.2) is 0 Å². The van der Waals surface area contributed by atoms with Crippen molar-refractivity contribution in [2.75, 3.05) is 48.9 Å². The largest absolute Gasteiger partial charge is 0.399 e. The maximum atomic E-state index is 9.00. The quantitative estimate of drug-likeness (QED) is 0.527. The molecule has 0 saturated carbocycles. The van der Waals surface area contributed by atoms with E-state index in [1.165, 1.54) is 0 Å². The molecule has 0 fully saturated rings. The molecule has 0 aliphatic carbocycles. The summed E-state index contributed by atoms with van der Waals surface area (Å²) in [4.78, 5) is 0. The van der Waals surface area contributed by atoms with Crippen LogP contribution in [0.4, 0.5) is 22.7 Å². The summed E-state index contributed by atoms with van der Waals surface area (Å²) in [6.07, 6.45) is 0. The number of nitrogens with two attached hydrogens (primary N) is 1. The highest BCUT2D eigenvalue weighted by molar-refractivity contribution is 5.89. The normalized spacial score (nSPS) is 10.2. The smallest absolute Gasteiger partial charge is 0.0604 e. The molecule has 0 bridgehead atoms. The molecule has 112 valence electrons. The van der Waals surface area contributed by atoms with E-state index < -0.39 is 0 Å². The van der Waals surface area contributed by atoms with Gasteiger partial charge in [0.2, 0.25) is 0 Å². The SMILES string of the molecule is CNc1ccc(-c2cc(N)ccc2NCCO)c(NC)c1. The van der Waals surface area contributed by atoms with Crippen LogP contribution in [0.3, 0.4) is 0 Å². The molecule has 0 spiro atoms. The molecule has 2 aromatic carbocycles. The lowest BCUT2D eigenvalue weighted by Gasteiger charge is -2.16. The molecule has 2 aromatic rings. The summed E-state index contributed by atoms with van der Waals surface area (Å²) in [5, 5.41) is 18.6. The number of nitrogens with one attached hydrogen (secondary N) is 3. The Labute approximate surface area is 125 Å². The second-order valence-corrected chi connectivity index (χ2v) is 4.72. The fourth-order valence-corrected chi connectivity index (χ4v) is 2.27. The minimum atomic E-state index is 0.0847. The Morgan fingerprint density at radius 3 is 2.43 bits per heavy atom. The first-order valence-corrected chi connectivity index (χ1v) is 6.93. The Hall–Kier alpha value is -2.40. The molecule has 2 rings (SSSR count). The minimum absolute atomic E-state index is 0.0847. The molecule has 21 heavy (non-hydrogen) atoms. The number of rotatable bonds is 6. The summed E-state index contributed by atoms with van der Waals surface area (Å²) in [5.41, 5.74) is 11.7. The van der Waals surface area contributed by atoms with Crippen molar-refractivity contribution in [3.05, 3.63) is 36.4 Å². The van der Waals surface area contributed by atoms with E-state index in [1.807, 2.05) is 44.4 Å². The lowest BCUT2D eigenvalue weighted by molar-refractivity contribution is 0.311. The third-order valence-corrected chi connectivity index (χ3v) is 3.34. The summed E-state index contributed by atoms with van der Waals surface area (Å²) < 4.78 is 0. The van der Waals surface area contributed by atoms with Crippen molar-refractivity contribution >= 4 is 22.7 Å². The van der Waals surface area contributed by atoms with Crippen LogP contribution in [0, 0.1) is 0 Å². The lowest BCUT2D eigenvalue weighted by atomic mass is 10.00. The van der Waals surface area contributed by atoms with Gasteiger partial charge >= 0.3 is 0 Å². The number of hydrogen-bond donors (Lipinski definition) is 5. The highest BCUT2D eigenvalue weighted by Crippen LogP contribution is 2.36. The van der Waals surface area contributed by atoms with Gasteiger partial charge in [-0.05, 0) is 30.3 Å². The number of benzene rings is 2. The van der Waals surface area contributed by atoms with Crippen molar-refractivity contribution in [1.29, 1.82) is 0 Å². The second kappa shape index (κ2) is 6.85. The molecule has 0 amide bonds. The molecule has 5 nitrogen and oxygen atoms in total. The zero-order chi connectivity index (χ0) is 15.2.